The van der Waals surface area contributed by atoms with Gasteiger partial charge in [-0.05, 0) is 31.6 Å². The van der Waals surface area contributed by atoms with Crippen LogP contribution in [0.25, 0.3) is 0 Å². The van der Waals surface area contributed by atoms with Crippen molar-refractivity contribution in [2.24, 2.45) is 10.9 Å². The summed E-state index contributed by atoms with van der Waals surface area (Å²) in [7, 11) is 1.80. The van der Waals surface area contributed by atoms with Crippen molar-refractivity contribution in [3.63, 3.8) is 0 Å². The van der Waals surface area contributed by atoms with Gasteiger partial charge in [0.05, 0.1) is 0 Å². The second-order valence-corrected chi connectivity index (χ2v) is 6.68. The molecule has 5 heteroatoms. The molecule has 0 heterocycles. The maximum Gasteiger partial charge on any atom is 0.220 e. The number of hydrogen-bond donors (Lipinski definition) is 3. The number of amides is 1. The minimum absolute atomic E-state index is 0.198. The fourth-order valence-electron chi connectivity index (χ4n) is 3.57. The molecule has 0 saturated heterocycles. The molecule has 5 nitrogen and oxygen atoms in total. The van der Waals surface area contributed by atoms with E-state index >= 15 is 0 Å². The number of rotatable bonds is 6. The molecular formula is C17H32N4O. The lowest BCUT2D eigenvalue weighted by Crippen LogP contribution is -2.46. The van der Waals surface area contributed by atoms with Crippen LogP contribution in [0.1, 0.15) is 64.2 Å². The Morgan fingerprint density at radius 1 is 0.955 bits per heavy atom. The summed E-state index contributed by atoms with van der Waals surface area (Å²) in [5.41, 5.74) is 0. The van der Waals surface area contributed by atoms with E-state index in [0.717, 1.165) is 12.5 Å². The number of carbonyl (C=O) groups is 1. The van der Waals surface area contributed by atoms with Gasteiger partial charge in [0.15, 0.2) is 5.96 Å². The van der Waals surface area contributed by atoms with E-state index in [1.54, 1.807) is 7.05 Å². The molecule has 0 unspecified atom stereocenters. The van der Waals surface area contributed by atoms with E-state index in [1.165, 1.54) is 57.8 Å². The topological polar surface area (TPSA) is 65.5 Å². The molecule has 1 amide bonds. The minimum atomic E-state index is 0.198. The van der Waals surface area contributed by atoms with Crippen LogP contribution >= 0.6 is 0 Å². The van der Waals surface area contributed by atoms with Gasteiger partial charge in [-0.2, -0.15) is 0 Å². The van der Waals surface area contributed by atoms with Crippen LogP contribution in [0.15, 0.2) is 4.99 Å². The minimum Gasteiger partial charge on any atom is -0.355 e. The summed E-state index contributed by atoms with van der Waals surface area (Å²) < 4.78 is 0. The average molecular weight is 308 g/mol. The lowest BCUT2D eigenvalue weighted by Gasteiger charge is -2.24. The van der Waals surface area contributed by atoms with Crippen molar-refractivity contribution in [2.75, 3.05) is 20.1 Å². The molecular weight excluding hydrogens is 276 g/mol. The number of guanidine groups is 1. The van der Waals surface area contributed by atoms with E-state index in [1.807, 2.05) is 0 Å². The molecule has 0 radical (unpaired) electrons. The average Bonchev–Trinajstić information content (AvgIpc) is 3.04. The van der Waals surface area contributed by atoms with E-state index in [-0.39, 0.29) is 5.91 Å². The fraction of sp³-hybridized carbons (Fsp3) is 0.882. The van der Waals surface area contributed by atoms with Gasteiger partial charge in [-0.15, -0.1) is 0 Å². The van der Waals surface area contributed by atoms with Crippen molar-refractivity contribution in [3.8, 4) is 0 Å². The Morgan fingerprint density at radius 3 is 2.27 bits per heavy atom. The van der Waals surface area contributed by atoms with Crippen LogP contribution in [-0.4, -0.2) is 38.0 Å². The summed E-state index contributed by atoms with van der Waals surface area (Å²) in [6.45, 7) is 1.39. The van der Waals surface area contributed by atoms with Gasteiger partial charge in [0.25, 0.3) is 0 Å². The van der Waals surface area contributed by atoms with E-state index in [9.17, 15) is 4.79 Å². The van der Waals surface area contributed by atoms with E-state index in [0.29, 0.717) is 24.9 Å². The highest BCUT2D eigenvalue weighted by Crippen LogP contribution is 2.27. The smallest absolute Gasteiger partial charge is 0.220 e. The van der Waals surface area contributed by atoms with Crippen LogP contribution in [0, 0.1) is 5.92 Å². The molecule has 22 heavy (non-hydrogen) atoms. The molecule has 126 valence electrons. The van der Waals surface area contributed by atoms with Gasteiger partial charge in [-0.3, -0.25) is 9.79 Å². The Balaban J connectivity index is 1.54. The molecule has 0 aromatic heterocycles. The third kappa shape index (κ3) is 6.24. The van der Waals surface area contributed by atoms with E-state index in [2.05, 4.69) is 20.9 Å². The molecule has 2 aliphatic carbocycles. The number of hydrogen-bond acceptors (Lipinski definition) is 2. The first-order chi connectivity index (χ1) is 10.8. The molecule has 2 rings (SSSR count). The monoisotopic (exact) mass is 308 g/mol. The highest BCUT2D eigenvalue weighted by Gasteiger charge is 2.18. The lowest BCUT2D eigenvalue weighted by molar-refractivity contribution is -0.121. The van der Waals surface area contributed by atoms with Crippen molar-refractivity contribution in [1.82, 2.24) is 16.0 Å². The Kier molecular flexibility index (Phi) is 7.54. The molecule has 3 N–H and O–H groups in total. The fourth-order valence-corrected chi connectivity index (χ4v) is 3.57. The van der Waals surface area contributed by atoms with E-state index < -0.39 is 0 Å². The second-order valence-electron chi connectivity index (χ2n) is 6.68. The number of carbonyl (C=O) groups excluding carboxylic acids is 1. The normalized spacial score (nSPS) is 20.9. The maximum atomic E-state index is 11.8. The molecule has 0 aromatic rings. The predicted octanol–water partition coefficient (Wildman–Crippen LogP) is 2.18. The molecule has 0 bridgehead atoms. The van der Waals surface area contributed by atoms with Crippen molar-refractivity contribution >= 4 is 11.9 Å². The molecule has 2 fully saturated rings. The maximum absolute atomic E-state index is 11.8. The molecule has 0 aliphatic heterocycles. The summed E-state index contributed by atoms with van der Waals surface area (Å²) in [5, 5.41) is 9.78. The van der Waals surface area contributed by atoms with Crippen LogP contribution < -0.4 is 16.0 Å². The molecule has 2 saturated carbocycles. The van der Waals surface area contributed by atoms with Crippen LogP contribution in [0.4, 0.5) is 0 Å². The Hall–Kier alpha value is -1.26. The molecule has 0 spiro atoms. The van der Waals surface area contributed by atoms with E-state index in [4.69, 9.17) is 0 Å². The summed E-state index contributed by atoms with van der Waals surface area (Å²) in [6.07, 6.45) is 12.2. The Bertz CT molecular complexity index is 358. The first-order valence-corrected chi connectivity index (χ1v) is 9.02. The summed E-state index contributed by atoms with van der Waals surface area (Å²) in [4.78, 5) is 16.1. The van der Waals surface area contributed by atoms with Gasteiger partial charge in [-0.1, -0.05) is 32.1 Å². The molecule has 0 aromatic carbocycles. The van der Waals surface area contributed by atoms with Crippen LogP contribution in [0.2, 0.25) is 0 Å². The summed E-state index contributed by atoms with van der Waals surface area (Å²) in [6, 6.07) is 0.553. The zero-order valence-electron chi connectivity index (χ0n) is 14.0. The van der Waals surface area contributed by atoms with Crippen LogP contribution in [0.3, 0.4) is 0 Å². The van der Waals surface area contributed by atoms with Crippen molar-refractivity contribution in [1.29, 1.82) is 0 Å². The summed E-state index contributed by atoms with van der Waals surface area (Å²) >= 11 is 0. The van der Waals surface area contributed by atoms with Gasteiger partial charge in [0.1, 0.15) is 0 Å². The predicted molar refractivity (Wildman–Crippen MR) is 91.0 cm³/mol. The van der Waals surface area contributed by atoms with Gasteiger partial charge in [0, 0.05) is 32.6 Å². The van der Waals surface area contributed by atoms with Crippen LogP contribution in [-0.2, 0) is 4.79 Å². The Labute approximate surface area is 134 Å². The lowest BCUT2D eigenvalue weighted by atomic mass is 9.96. The van der Waals surface area contributed by atoms with Gasteiger partial charge >= 0.3 is 0 Å². The zero-order valence-corrected chi connectivity index (χ0v) is 14.0. The SMILES string of the molecule is CN=C(NCCNC(=O)CC1CCCC1)NC1CCCCC1. The quantitative estimate of drug-likeness (QED) is 0.400. The summed E-state index contributed by atoms with van der Waals surface area (Å²) in [5.74, 6) is 1.68. The second kappa shape index (κ2) is 9.70. The van der Waals surface area contributed by atoms with Gasteiger partial charge in [0.2, 0.25) is 5.91 Å². The Morgan fingerprint density at radius 2 is 1.59 bits per heavy atom. The largest absolute Gasteiger partial charge is 0.355 e. The van der Waals surface area contributed by atoms with Gasteiger partial charge < -0.3 is 16.0 Å². The standard InChI is InChI=1S/C17H32N4O/c1-18-17(21-15-9-3-2-4-10-15)20-12-11-19-16(22)13-14-7-5-6-8-14/h14-15H,2-13H2,1H3,(H,19,22)(H2,18,20,21). The first-order valence-electron chi connectivity index (χ1n) is 9.02. The van der Waals surface area contributed by atoms with Crippen molar-refractivity contribution in [2.45, 2.75) is 70.3 Å². The third-order valence-corrected chi connectivity index (χ3v) is 4.86. The number of nitrogens with one attached hydrogen (secondary N) is 3. The number of aliphatic imine (C=N–C) groups is 1. The van der Waals surface area contributed by atoms with Gasteiger partial charge in [-0.25, -0.2) is 0 Å². The molecule has 2 aliphatic rings. The van der Waals surface area contributed by atoms with Crippen molar-refractivity contribution < 1.29 is 4.79 Å². The number of nitrogens with zero attached hydrogens (tertiary/aromatic N) is 1. The molecule has 0 atom stereocenters. The highest BCUT2D eigenvalue weighted by molar-refractivity contribution is 5.80. The van der Waals surface area contributed by atoms with Crippen LogP contribution in [0.5, 0.6) is 0 Å². The first kappa shape index (κ1) is 17.1. The van der Waals surface area contributed by atoms with Crippen molar-refractivity contribution in [3.05, 3.63) is 0 Å². The highest BCUT2D eigenvalue weighted by atomic mass is 16.1. The third-order valence-electron chi connectivity index (χ3n) is 4.86. The zero-order chi connectivity index (χ0) is 15.6.